The van der Waals surface area contributed by atoms with Crippen molar-refractivity contribution in [1.29, 1.82) is 0 Å². The Kier molecular flexibility index (Phi) is 5.60. The fourth-order valence-electron chi connectivity index (χ4n) is 4.09. The molecule has 3 atom stereocenters. The summed E-state index contributed by atoms with van der Waals surface area (Å²) >= 11 is 6.03. The molecular formula is C19H27ClN2O. The minimum absolute atomic E-state index is 0.117. The first kappa shape index (κ1) is 16.8. The molecule has 1 aromatic carbocycles. The largest absolute Gasteiger partial charge is 0.335 e. The lowest BCUT2D eigenvalue weighted by atomic mass is 9.84. The minimum Gasteiger partial charge on any atom is -0.335 e. The second kappa shape index (κ2) is 7.67. The van der Waals surface area contributed by atoms with Crippen LogP contribution in [0.1, 0.15) is 63.0 Å². The van der Waals surface area contributed by atoms with Gasteiger partial charge in [-0.1, -0.05) is 43.0 Å². The van der Waals surface area contributed by atoms with Crippen molar-refractivity contribution >= 4 is 17.5 Å². The van der Waals surface area contributed by atoms with Gasteiger partial charge in [-0.25, -0.2) is 0 Å². The maximum Gasteiger partial charge on any atom is 0.226 e. The smallest absolute Gasteiger partial charge is 0.226 e. The van der Waals surface area contributed by atoms with Gasteiger partial charge < -0.3 is 10.6 Å². The van der Waals surface area contributed by atoms with Gasteiger partial charge in [0.05, 0.1) is 6.04 Å². The molecule has 1 saturated heterocycles. The van der Waals surface area contributed by atoms with E-state index in [0.717, 1.165) is 50.1 Å². The number of carbonyl (C=O) groups excluding carboxylic acids is 1. The molecule has 1 saturated carbocycles. The molecule has 3 nitrogen and oxygen atoms in total. The molecule has 0 aromatic heterocycles. The summed E-state index contributed by atoms with van der Waals surface area (Å²) < 4.78 is 0. The molecule has 1 heterocycles. The number of halogens is 1. The van der Waals surface area contributed by atoms with E-state index in [1.54, 1.807) is 0 Å². The van der Waals surface area contributed by atoms with E-state index in [2.05, 4.69) is 17.0 Å². The molecule has 1 aliphatic heterocycles. The zero-order valence-electron chi connectivity index (χ0n) is 13.7. The average molecular weight is 335 g/mol. The van der Waals surface area contributed by atoms with E-state index in [4.69, 9.17) is 17.3 Å². The highest BCUT2D eigenvalue weighted by atomic mass is 35.5. The third-order valence-electron chi connectivity index (χ3n) is 5.35. The topological polar surface area (TPSA) is 46.3 Å². The Labute approximate surface area is 144 Å². The van der Waals surface area contributed by atoms with Gasteiger partial charge in [0, 0.05) is 23.5 Å². The van der Waals surface area contributed by atoms with Gasteiger partial charge in [0.15, 0.2) is 0 Å². The number of benzene rings is 1. The number of amides is 1. The summed E-state index contributed by atoms with van der Waals surface area (Å²) in [6, 6.07) is 8.40. The van der Waals surface area contributed by atoms with E-state index in [1.165, 1.54) is 18.4 Å². The van der Waals surface area contributed by atoms with Crippen LogP contribution in [0.25, 0.3) is 0 Å². The molecule has 1 amide bonds. The first-order chi connectivity index (χ1) is 11.1. The van der Waals surface area contributed by atoms with Gasteiger partial charge in [-0.2, -0.15) is 0 Å². The minimum atomic E-state index is 0.117. The molecule has 3 unspecified atom stereocenters. The third kappa shape index (κ3) is 4.07. The second-order valence-electron chi connectivity index (χ2n) is 7.07. The first-order valence-electron chi connectivity index (χ1n) is 8.96. The number of likely N-dealkylation sites (tertiary alicyclic amines) is 1. The average Bonchev–Trinajstić information content (AvgIpc) is 2.81. The summed E-state index contributed by atoms with van der Waals surface area (Å²) in [5.41, 5.74) is 7.31. The molecule has 4 heteroatoms. The van der Waals surface area contributed by atoms with Gasteiger partial charge in [-0.15, -0.1) is 0 Å². The van der Waals surface area contributed by atoms with Gasteiger partial charge in [-0.05, 0) is 49.8 Å². The summed E-state index contributed by atoms with van der Waals surface area (Å²) in [5, 5.41) is 0.749. The predicted molar refractivity (Wildman–Crippen MR) is 94.3 cm³/mol. The summed E-state index contributed by atoms with van der Waals surface area (Å²) in [6.45, 7) is 0.873. The molecule has 23 heavy (non-hydrogen) atoms. The number of hydrogen-bond acceptors (Lipinski definition) is 2. The van der Waals surface area contributed by atoms with Gasteiger partial charge in [0.2, 0.25) is 5.91 Å². The summed E-state index contributed by atoms with van der Waals surface area (Å²) in [5.74, 6) is 0.439. The Morgan fingerprint density at radius 3 is 2.57 bits per heavy atom. The van der Waals surface area contributed by atoms with Crippen LogP contribution in [0.15, 0.2) is 24.3 Å². The number of nitrogens with two attached hydrogens (primary N) is 1. The zero-order valence-corrected chi connectivity index (χ0v) is 14.5. The molecular weight excluding hydrogens is 308 g/mol. The van der Waals surface area contributed by atoms with Crippen LogP contribution in [0.5, 0.6) is 0 Å². The highest BCUT2D eigenvalue weighted by Gasteiger charge is 2.33. The number of hydrogen-bond donors (Lipinski definition) is 1. The predicted octanol–water partition coefficient (Wildman–Crippen LogP) is 4.30. The Morgan fingerprint density at radius 1 is 1.04 bits per heavy atom. The summed E-state index contributed by atoms with van der Waals surface area (Å²) in [6.07, 6.45) is 8.53. The third-order valence-corrected chi connectivity index (χ3v) is 5.61. The quantitative estimate of drug-likeness (QED) is 0.876. The lowest BCUT2D eigenvalue weighted by Gasteiger charge is -2.36. The van der Waals surface area contributed by atoms with Crippen LogP contribution in [0, 0.1) is 5.92 Å². The van der Waals surface area contributed by atoms with E-state index in [-0.39, 0.29) is 18.0 Å². The molecule has 0 spiro atoms. The lowest BCUT2D eigenvalue weighted by Crippen LogP contribution is -2.42. The normalized spacial score (nSPS) is 29.1. The van der Waals surface area contributed by atoms with Crippen molar-refractivity contribution in [1.82, 2.24) is 4.90 Å². The maximum absolute atomic E-state index is 13.1. The fraction of sp³-hybridized carbons (Fsp3) is 0.632. The van der Waals surface area contributed by atoms with Crippen LogP contribution in [-0.4, -0.2) is 23.4 Å². The number of rotatable bonds is 2. The van der Waals surface area contributed by atoms with Crippen LogP contribution >= 0.6 is 11.6 Å². The summed E-state index contributed by atoms with van der Waals surface area (Å²) in [4.78, 5) is 15.3. The lowest BCUT2D eigenvalue weighted by molar-refractivity contribution is -0.139. The van der Waals surface area contributed by atoms with Gasteiger partial charge in [0.1, 0.15) is 0 Å². The van der Waals surface area contributed by atoms with Crippen LogP contribution in [0.3, 0.4) is 0 Å². The number of carbonyl (C=O) groups is 1. The highest BCUT2D eigenvalue weighted by molar-refractivity contribution is 6.30. The molecule has 2 fully saturated rings. The molecule has 2 aliphatic rings. The highest BCUT2D eigenvalue weighted by Crippen LogP contribution is 2.34. The van der Waals surface area contributed by atoms with Crippen molar-refractivity contribution in [2.24, 2.45) is 11.7 Å². The van der Waals surface area contributed by atoms with Crippen molar-refractivity contribution in [3.63, 3.8) is 0 Å². The van der Waals surface area contributed by atoms with Crippen molar-refractivity contribution in [3.8, 4) is 0 Å². The second-order valence-corrected chi connectivity index (χ2v) is 7.51. The van der Waals surface area contributed by atoms with E-state index in [1.807, 2.05) is 12.1 Å². The van der Waals surface area contributed by atoms with Crippen LogP contribution in [0.4, 0.5) is 0 Å². The molecule has 2 N–H and O–H groups in total. The maximum atomic E-state index is 13.1. The van der Waals surface area contributed by atoms with Crippen LogP contribution < -0.4 is 5.73 Å². The van der Waals surface area contributed by atoms with Gasteiger partial charge in [0.25, 0.3) is 0 Å². The van der Waals surface area contributed by atoms with E-state index in [9.17, 15) is 4.79 Å². The SMILES string of the molecule is NC1CCCC(C(=O)N2CCCCCC2c2ccc(Cl)cc2)C1. The van der Waals surface area contributed by atoms with Crippen molar-refractivity contribution in [2.45, 2.75) is 63.5 Å². The Morgan fingerprint density at radius 2 is 1.83 bits per heavy atom. The van der Waals surface area contributed by atoms with Crippen LogP contribution in [-0.2, 0) is 4.79 Å². The van der Waals surface area contributed by atoms with Crippen LogP contribution in [0.2, 0.25) is 5.02 Å². The monoisotopic (exact) mass is 334 g/mol. The molecule has 1 aliphatic carbocycles. The molecule has 0 bridgehead atoms. The Hall–Kier alpha value is -1.06. The molecule has 126 valence electrons. The van der Waals surface area contributed by atoms with E-state index < -0.39 is 0 Å². The van der Waals surface area contributed by atoms with Gasteiger partial charge in [-0.3, -0.25) is 4.79 Å². The van der Waals surface area contributed by atoms with Gasteiger partial charge >= 0.3 is 0 Å². The first-order valence-corrected chi connectivity index (χ1v) is 9.34. The fourth-order valence-corrected chi connectivity index (χ4v) is 4.22. The molecule has 3 rings (SSSR count). The van der Waals surface area contributed by atoms with E-state index in [0.29, 0.717) is 5.91 Å². The summed E-state index contributed by atoms with van der Waals surface area (Å²) in [7, 11) is 0. The standard InChI is InChI=1S/C19H27ClN2O/c20-16-10-8-14(9-11-16)18-7-2-1-3-12-22(18)19(23)15-5-4-6-17(21)13-15/h8-11,15,17-18H,1-7,12-13,21H2. The molecule has 0 radical (unpaired) electrons. The van der Waals surface area contributed by atoms with Crippen molar-refractivity contribution in [2.75, 3.05) is 6.54 Å². The van der Waals surface area contributed by atoms with E-state index >= 15 is 0 Å². The Balaban J connectivity index is 1.80. The zero-order chi connectivity index (χ0) is 16.2. The Bertz CT molecular complexity index is 531. The van der Waals surface area contributed by atoms with Crippen molar-refractivity contribution in [3.05, 3.63) is 34.9 Å². The van der Waals surface area contributed by atoms with Crippen molar-refractivity contribution < 1.29 is 4.79 Å². The number of nitrogens with zero attached hydrogens (tertiary/aromatic N) is 1. The molecule has 1 aromatic rings.